The minimum Gasteiger partial charge on any atom is -0.393 e. The van der Waals surface area contributed by atoms with Crippen LogP contribution in [0.1, 0.15) is 78.6 Å². The van der Waals surface area contributed by atoms with Crippen LogP contribution in [0.3, 0.4) is 0 Å². The van der Waals surface area contributed by atoms with Crippen LogP contribution in [0, 0.1) is 46.3 Å². The van der Waals surface area contributed by atoms with E-state index in [9.17, 15) is 28.5 Å². The van der Waals surface area contributed by atoms with Gasteiger partial charge in [0.05, 0.1) is 24.1 Å². The molecule has 0 bridgehead atoms. The first-order chi connectivity index (χ1) is 16.3. The van der Waals surface area contributed by atoms with E-state index in [1.54, 1.807) is 0 Å². The molecule has 1 amide bonds. The number of amides is 1. The number of hydrogen-bond donors (Lipinski definition) is 5. The maximum absolute atomic E-state index is 12.2. The van der Waals surface area contributed by atoms with Crippen molar-refractivity contribution in [3.05, 3.63) is 0 Å². The van der Waals surface area contributed by atoms with Gasteiger partial charge in [-0.05, 0) is 97.7 Å². The highest BCUT2D eigenvalue weighted by Crippen LogP contribution is 2.68. The van der Waals surface area contributed by atoms with Crippen LogP contribution in [0.2, 0.25) is 0 Å². The van der Waals surface area contributed by atoms with Gasteiger partial charge >= 0.3 is 0 Å². The molecule has 4 fully saturated rings. The van der Waals surface area contributed by atoms with E-state index >= 15 is 0 Å². The molecule has 0 unspecified atom stereocenters. The number of fused-ring (bicyclic) bond motifs is 5. The molecule has 9 heteroatoms. The molecule has 4 saturated carbocycles. The van der Waals surface area contributed by atoms with Crippen molar-refractivity contribution in [2.24, 2.45) is 46.3 Å². The topological polar surface area (TPSA) is 144 Å². The fourth-order valence-electron chi connectivity index (χ4n) is 9.10. The van der Waals surface area contributed by atoms with Gasteiger partial charge in [0.15, 0.2) is 0 Å². The third-order valence-corrected chi connectivity index (χ3v) is 11.7. The molecular weight excluding hydrogens is 471 g/mol. The zero-order valence-corrected chi connectivity index (χ0v) is 22.2. The van der Waals surface area contributed by atoms with Crippen molar-refractivity contribution in [1.29, 1.82) is 0 Å². The summed E-state index contributed by atoms with van der Waals surface area (Å²) in [6.07, 6.45) is 5.67. The molecule has 11 atom stereocenters. The molecule has 0 saturated heterocycles. The van der Waals surface area contributed by atoms with Gasteiger partial charge in [0.2, 0.25) is 5.91 Å². The Labute approximate surface area is 210 Å². The van der Waals surface area contributed by atoms with E-state index in [0.717, 1.165) is 38.5 Å². The van der Waals surface area contributed by atoms with Crippen molar-refractivity contribution in [3.63, 3.8) is 0 Å². The maximum Gasteiger partial charge on any atom is 0.266 e. The van der Waals surface area contributed by atoms with E-state index in [4.69, 9.17) is 4.55 Å². The second-order valence-electron chi connectivity index (χ2n) is 12.7. The van der Waals surface area contributed by atoms with Gasteiger partial charge in [-0.3, -0.25) is 9.35 Å². The van der Waals surface area contributed by atoms with Gasteiger partial charge in [0.1, 0.15) is 0 Å². The van der Waals surface area contributed by atoms with Gasteiger partial charge in [-0.2, -0.15) is 8.42 Å². The fraction of sp³-hybridized carbons (Fsp3) is 0.962. The van der Waals surface area contributed by atoms with Crippen LogP contribution in [-0.4, -0.2) is 64.8 Å². The third-order valence-electron chi connectivity index (χ3n) is 11.0. The highest BCUT2D eigenvalue weighted by Gasteiger charge is 2.65. The number of rotatable bonds is 7. The zero-order chi connectivity index (χ0) is 25.8. The maximum atomic E-state index is 12.2. The van der Waals surface area contributed by atoms with Gasteiger partial charge in [0, 0.05) is 13.0 Å². The van der Waals surface area contributed by atoms with Crippen LogP contribution < -0.4 is 5.32 Å². The van der Waals surface area contributed by atoms with Gasteiger partial charge in [0.25, 0.3) is 10.1 Å². The summed E-state index contributed by atoms with van der Waals surface area (Å²) in [5.74, 6) is 0.705. The van der Waals surface area contributed by atoms with Crippen LogP contribution in [0.4, 0.5) is 0 Å². The Morgan fingerprint density at radius 3 is 2.46 bits per heavy atom. The monoisotopic (exact) mass is 516 g/mol. The molecule has 0 aromatic heterocycles. The highest BCUT2D eigenvalue weighted by atomic mass is 32.2. The van der Waals surface area contributed by atoms with Gasteiger partial charge < -0.3 is 20.6 Å². The lowest BCUT2D eigenvalue weighted by molar-refractivity contribution is -0.207. The lowest BCUT2D eigenvalue weighted by atomic mass is 9.43. The van der Waals surface area contributed by atoms with Gasteiger partial charge in [-0.15, -0.1) is 0 Å². The summed E-state index contributed by atoms with van der Waals surface area (Å²) in [6, 6.07) is 0. The summed E-state index contributed by atoms with van der Waals surface area (Å²) in [6.45, 7) is 6.56. The van der Waals surface area contributed by atoms with E-state index in [1.165, 1.54) is 0 Å². The Kier molecular flexibility index (Phi) is 7.69. The molecule has 0 heterocycles. The van der Waals surface area contributed by atoms with Gasteiger partial charge in [-0.25, -0.2) is 0 Å². The first-order valence-electron chi connectivity index (χ1n) is 13.5. The lowest BCUT2D eigenvalue weighted by Gasteiger charge is -2.63. The molecule has 0 radical (unpaired) electrons. The van der Waals surface area contributed by atoms with E-state index < -0.39 is 28.1 Å². The van der Waals surface area contributed by atoms with Crippen molar-refractivity contribution >= 4 is 16.0 Å². The summed E-state index contributed by atoms with van der Waals surface area (Å²) in [5.41, 5.74) is -0.254. The van der Waals surface area contributed by atoms with Gasteiger partial charge in [-0.1, -0.05) is 20.8 Å². The van der Waals surface area contributed by atoms with E-state index in [1.807, 2.05) is 0 Å². The minimum atomic E-state index is -4.10. The molecule has 0 aromatic rings. The Morgan fingerprint density at radius 2 is 1.77 bits per heavy atom. The molecule has 202 valence electrons. The Hall–Kier alpha value is -0.740. The summed E-state index contributed by atoms with van der Waals surface area (Å²) in [5, 5.41) is 35.8. The van der Waals surface area contributed by atoms with Crippen LogP contribution in [0.25, 0.3) is 0 Å². The molecule has 4 rings (SSSR count). The Morgan fingerprint density at radius 1 is 1.06 bits per heavy atom. The predicted molar refractivity (Wildman–Crippen MR) is 132 cm³/mol. The SMILES string of the molecule is C[C@H](CC[13C](=O)NCCS(=O)(=O)O)[C@H]1CC[C@H]2[C@@H]3[C@H](O)C[C@@H]4C[C@H](O)CC[C@]4(C)[C@H]3C[C@H](O)[C@]12C. The fourth-order valence-corrected chi connectivity index (χ4v) is 9.46. The van der Waals surface area contributed by atoms with Crippen molar-refractivity contribution in [3.8, 4) is 0 Å². The Bertz CT molecular complexity index is 896. The number of carbonyl (C=O) groups excluding carboxylic acids is 1. The summed E-state index contributed by atoms with van der Waals surface area (Å²) < 4.78 is 30.5. The average Bonchev–Trinajstić information content (AvgIpc) is 3.12. The highest BCUT2D eigenvalue weighted by molar-refractivity contribution is 7.85. The van der Waals surface area contributed by atoms with Crippen LogP contribution in [0.15, 0.2) is 0 Å². The first kappa shape index (κ1) is 27.3. The molecule has 5 N–H and O–H groups in total. The number of carbonyl (C=O) groups is 1. The summed E-state index contributed by atoms with van der Waals surface area (Å²) >= 11 is 0. The van der Waals surface area contributed by atoms with E-state index in [2.05, 4.69) is 26.1 Å². The first-order valence-corrected chi connectivity index (χ1v) is 15.1. The molecule has 35 heavy (non-hydrogen) atoms. The molecule has 8 nitrogen and oxygen atoms in total. The molecule has 4 aliphatic carbocycles. The van der Waals surface area contributed by atoms with Crippen LogP contribution in [-0.2, 0) is 14.9 Å². The molecule has 0 aliphatic heterocycles. The van der Waals surface area contributed by atoms with E-state index in [0.29, 0.717) is 18.8 Å². The number of nitrogens with one attached hydrogen (secondary N) is 1. The quantitative estimate of drug-likeness (QED) is 0.258. The average molecular weight is 517 g/mol. The predicted octanol–water partition coefficient (Wildman–Crippen LogP) is 2.37. The summed E-state index contributed by atoms with van der Waals surface area (Å²) in [7, 11) is -4.10. The zero-order valence-electron chi connectivity index (χ0n) is 21.4. The second kappa shape index (κ2) is 9.86. The van der Waals surface area contributed by atoms with Crippen LogP contribution >= 0.6 is 0 Å². The number of aliphatic hydroxyl groups excluding tert-OH is 3. The van der Waals surface area contributed by atoms with E-state index in [-0.39, 0.29) is 65.4 Å². The van der Waals surface area contributed by atoms with Crippen molar-refractivity contribution in [2.45, 2.75) is 96.9 Å². The number of hydrogen-bond acceptors (Lipinski definition) is 6. The van der Waals surface area contributed by atoms with Crippen molar-refractivity contribution < 1.29 is 33.1 Å². The summed E-state index contributed by atoms with van der Waals surface area (Å²) in [4.78, 5) is 12.2. The van der Waals surface area contributed by atoms with Crippen molar-refractivity contribution in [1.82, 2.24) is 5.32 Å². The lowest BCUT2D eigenvalue weighted by Crippen LogP contribution is -2.62. The smallest absolute Gasteiger partial charge is 0.266 e. The largest absolute Gasteiger partial charge is 0.393 e. The molecule has 0 spiro atoms. The Balaban J connectivity index is 1.43. The third kappa shape index (κ3) is 5.05. The molecular formula is C26H45NO7S. The minimum absolute atomic E-state index is 0.0509. The standard InChI is InChI=1S/C26H45NO7S/c1-15(4-7-23(31)27-10-11-35(32,33)34)18-5-6-19-24-20(14-22(30)26(18,19)3)25(2)9-8-17(28)12-16(25)13-21(24)29/h15-22,24,28-30H,4-14H2,1-3H3,(H,27,31)(H,32,33,34)/t15-,16+,17-,18-,19+,20+,21-,22+,24+,25+,26-/m1/s1/i23+1. The second-order valence-corrected chi connectivity index (χ2v) is 14.2. The number of aliphatic hydroxyl groups is 3. The normalized spacial score (nSPS) is 46.3. The molecule has 0 aromatic carbocycles. The molecule has 4 aliphatic rings. The van der Waals surface area contributed by atoms with Crippen molar-refractivity contribution in [2.75, 3.05) is 12.3 Å². The van der Waals surface area contributed by atoms with Crippen LogP contribution in [0.5, 0.6) is 0 Å².